The first-order chi connectivity index (χ1) is 15.0. The molecule has 0 heterocycles. The Kier molecular flexibility index (Phi) is 8.89. The molecular weight excluding hydrogens is 438 g/mol. The zero-order chi connectivity index (χ0) is 24.1. The van der Waals surface area contributed by atoms with Crippen LogP contribution in [0.2, 0.25) is 0 Å². The van der Waals surface area contributed by atoms with E-state index in [1.54, 1.807) is 31.5 Å². The van der Waals surface area contributed by atoms with Crippen molar-refractivity contribution in [2.45, 2.75) is 58.3 Å². The summed E-state index contributed by atoms with van der Waals surface area (Å²) in [6.07, 6.45) is 1.74. The molecule has 0 radical (unpaired) electrons. The minimum absolute atomic E-state index is 0.00786. The molecule has 1 amide bonds. The van der Waals surface area contributed by atoms with E-state index in [9.17, 15) is 22.0 Å². The zero-order valence-corrected chi connectivity index (χ0v) is 19.6. The van der Waals surface area contributed by atoms with Gasteiger partial charge in [0.25, 0.3) is 0 Å². The summed E-state index contributed by atoms with van der Waals surface area (Å²) in [7, 11) is -3.78. The van der Waals surface area contributed by atoms with Crippen molar-refractivity contribution in [3.05, 3.63) is 63.7 Å². The number of amides is 1. The molecule has 0 aliphatic carbocycles. The van der Waals surface area contributed by atoms with Crippen molar-refractivity contribution in [1.29, 1.82) is 0 Å². The van der Waals surface area contributed by atoms with Crippen LogP contribution >= 0.6 is 0 Å². The number of carbonyl (C=O) groups is 1. The highest BCUT2D eigenvalue weighted by Gasteiger charge is 2.20. The van der Waals surface area contributed by atoms with Gasteiger partial charge in [-0.2, -0.15) is 0 Å². The zero-order valence-electron chi connectivity index (χ0n) is 18.8. The Labute approximate surface area is 188 Å². The number of benzene rings is 2. The predicted octanol–water partition coefficient (Wildman–Crippen LogP) is 4.01. The number of unbranched alkanes of at least 4 members (excludes halogenated alkanes) is 1. The molecule has 0 spiro atoms. The van der Waals surface area contributed by atoms with Crippen molar-refractivity contribution in [2.24, 2.45) is 5.92 Å². The number of carbonyl (C=O) groups excluding carboxylic acids is 1. The van der Waals surface area contributed by atoms with Crippen molar-refractivity contribution in [1.82, 2.24) is 10.2 Å². The van der Waals surface area contributed by atoms with Crippen LogP contribution in [0.4, 0.5) is 8.78 Å². The van der Waals surface area contributed by atoms with Crippen LogP contribution in [0.5, 0.6) is 0 Å². The van der Waals surface area contributed by atoms with Gasteiger partial charge in [0.1, 0.15) is 11.6 Å². The molecule has 2 aromatic carbocycles. The van der Waals surface area contributed by atoms with Gasteiger partial charge in [0.05, 0.1) is 4.90 Å². The largest absolute Gasteiger partial charge is 0.289 e. The van der Waals surface area contributed by atoms with Gasteiger partial charge in [0, 0.05) is 12.5 Å². The van der Waals surface area contributed by atoms with Crippen LogP contribution in [0, 0.1) is 45.2 Å². The van der Waals surface area contributed by atoms with Crippen molar-refractivity contribution >= 4 is 15.9 Å². The standard InChI is InChI=1S/C23H30F2N2O4S/c1-14-9-18(10-15(2)21(14)24)13-19(23(28)27-29)7-5-6-8-26-32(30,31)20-11-16(3)22(25)17(4)12-20/h9-12,19,26,29H,5-8,13H2,1-4H3,(H,27,28)/t19-/m0/s1. The Balaban J connectivity index is 1.94. The van der Waals surface area contributed by atoms with Crippen LogP contribution in [0.15, 0.2) is 29.2 Å². The van der Waals surface area contributed by atoms with Crippen molar-refractivity contribution < 1.29 is 27.2 Å². The number of rotatable bonds is 10. The topological polar surface area (TPSA) is 95.5 Å². The lowest BCUT2D eigenvalue weighted by molar-refractivity contribution is -0.133. The quantitative estimate of drug-likeness (QED) is 0.279. The lowest BCUT2D eigenvalue weighted by atomic mass is 9.92. The monoisotopic (exact) mass is 468 g/mol. The summed E-state index contributed by atoms with van der Waals surface area (Å²) in [6, 6.07) is 5.94. The van der Waals surface area contributed by atoms with E-state index in [0.29, 0.717) is 36.8 Å². The highest BCUT2D eigenvalue weighted by atomic mass is 32.2. The fraction of sp³-hybridized carbons (Fsp3) is 0.435. The van der Waals surface area contributed by atoms with Crippen LogP contribution < -0.4 is 10.2 Å². The second kappa shape index (κ2) is 11.0. The molecular formula is C23H30F2N2O4S. The molecule has 2 rings (SSSR count). The maximum absolute atomic E-state index is 13.8. The van der Waals surface area contributed by atoms with Gasteiger partial charge in [-0.05, 0) is 86.9 Å². The molecule has 0 saturated heterocycles. The predicted molar refractivity (Wildman–Crippen MR) is 118 cm³/mol. The molecule has 3 N–H and O–H groups in total. The Morgan fingerprint density at radius 3 is 1.94 bits per heavy atom. The second-order valence-corrected chi connectivity index (χ2v) is 9.95. The van der Waals surface area contributed by atoms with Crippen molar-refractivity contribution in [2.75, 3.05) is 6.54 Å². The van der Waals surface area contributed by atoms with Gasteiger partial charge in [-0.25, -0.2) is 27.4 Å². The molecule has 6 nitrogen and oxygen atoms in total. The normalized spacial score (nSPS) is 12.6. The van der Waals surface area contributed by atoms with Crippen molar-refractivity contribution in [3.8, 4) is 0 Å². The minimum atomic E-state index is -3.78. The highest BCUT2D eigenvalue weighted by molar-refractivity contribution is 7.89. The lowest BCUT2D eigenvalue weighted by Gasteiger charge is -2.16. The van der Waals surface area contributed by atoms with Gasteiger partial charge < -0.3 is 0 Å². The fourth-order valence-electron chi connectivity index (χ4n) is 3.72. The van der Waals surface area contributed by atoms with Gasteiger partial charge in [-0.1, -0.05) is 18.6 Å². The molecule has 32 heavy (non-hydrogen) atoms. The molecule has 0 fully saturated rings. The summed E-state index contributed by atoms with van der Waals surface area (Å²) in [4.78, 5) is 12.1. The van der Waals surface area contributed by atoms with E-state index in [-0.39, 0.29) is 28.4 Å². The smallest absolute Gasteiger partial charge is 0.246 e. The first kappa shape index (κ1) is 25.9. The average molecular weight is 469 g/mol. The minimum Gasteiger partial charge on any atom is -0.289 e. The third-order valence-electron chi connectivity index (χ3n) is 5.45. The third kappa shape index (κ3) is 6.57. The fourth-order valence-corrected chi connectivity index (χ4v) is 4.97. The number of hydrogen-bond donors (Lipinski definition) is 3. The van der Waals surface area contributed by atoms with E-state index >= 15 is 0 Å². The summed E-state index contributed by atoms with van der Waals surface area (Å²) in [5.41, 5.74) is 3.96. The van der Waals surface area contributed by atoms with Crippen LogP contribution in [-0.4, -0.2) is 26.1 Å². The molecule has 0 unspecified atom stereocenters. The van der Waals surface area contributed by atoms with Crippen molar-refractivity contribution in [3.63, 3.8) is 0 Å². The lowest BCUT2D eigenvalue weighted by Crippen LogP contribution is -2.30. The molecule has 176 valence electrons. The van der Waals surface area contributed by atoms with E-state index < -0.39 is 27.7 Å². The molecule has 1 atom stereocenters. The molecule has 2 aromatic rings. The number of hydroxylamine groups is 1. The number of nitrogens with one attached hydrogen (secondary N) is 2. The van der Waals surface area contributed by atoms with Gasteiger partial charge in [0.2, 0.25) is 15.9 Å². The first-order valence-electron chi connectivity index (χ1n) is 10.4. The molecule has 0 saturated carbocycles. The number of halogens is 2. The Bertz CT molecular complexity index is 1040. The molecule has 0 aliphatic rings. The average Bonchev–Trinajstić information content (AvgIpc) is 2.73. The third-order valence-corrected chi connectivity index (χ3v) is 6.89. The maximum Gasteiger partial charge on any atom is 0.246 e. The molecule has 9 heteroatoms. The van der Waals surface area contributed by atoms with Gasteiger partial charge in [-0.15, -0.1) is 0 Å². The first-order valence-corrected chi connectivity index (χ1v) is 11.9. The molecule has 0 bridgehead atoms. The van der Waals surface area contributed by atoms with Gasteiger partial charge in [0.15, 0.2) is 0 Å². The molecule has 0 aliphatic heterocycles. The Morgan fingerprint density at radius 2 is 1.44 bits per heavy atom. The maximum atomic E-state index is 13.8. The second-order valence-electron chi connectivity index (χ2n) is 8.19. The summed E-state index contributed by atoms with van der Waals surface area (Å²) < 4.78 is 55.0. The van der Waals surface area contributed by atoms with E-state index in [4.69, 9.17) is 5.21 Å². The van der Waals surface area contributed by atoms with Gasteiger partial charge >= 0.3 is 0 Å². The summed E-state index contributed by atoms with van der Waals surface area (Å²) in [5.74, 6) is -1.79. The summed E-state index contributed by atoms with van der Waals surface area (Å²) >= 11 is 0. The van der Waals surface area contributed by atoms with Crippen LogP contribution in [0.3, 0.4) is 0 Å². The number of sulfonamides is 1. The summed E-state index contributed by atoms with van der Waals surface area (Å²) in [6.45, 7) is 6.49. The Morgan fingerprint density at radius 1 is 0.938 bits per heavy atom. The van der Waals surface area contributed by atoms with E-state index in [0.717, 1.165) is 5.56 Å². The van der Waals surface area contributed by atoms with Crippen LogP contribution in [0.1, 0.15) is 47.1 Å². The van der Waals surface area contributed by atoms with E-state index in [2.05, 4.69) is 4.72 Å². The SMILES string of the molecule is Cc1cc(C[C@H](CCCCNS(=O)(=O)c2cc(C)c(F)c(C)c2)C(=O)NO)cc(C)c1F. The van der Waals surface area contributed by atoms with Crippen LogP contribution in [-0.2, 0) is 21.2 Å². The molecule has 0 aromatic heterocycles. The van der Waals surface area contributed by atoms with Gasteiger partial charge in [-0.3, -0.25) is 10.0 Å². The van der Waals surface area contributed by atoms with E-state index in [1.807, 2.05) is 0 Å². The summed E-state index contributed by atoms with van der Waals surface area (Å²) in [5, 5.41) is 9.06. The Hall–Kier alpha value is -2.36. The van der Waals surface area contributed by atoms with Crippen LogP contribution in [0.25, 0.3) is 0 Å². The van der Waals surface area contributed by atoms with E-state index in [1.165, 1.54) is 26.0 Å². The number of aryl methyl sites for hydroxylation is 4. The highest BCUT2D eigenvalue weighted by Crippen LogP contribution is 2.21. The number of hydrogen-bond acceptors (Lipinski definition) is 4.